The van der Waals surface area contributed by atoms with Gasteiger partial charge in [0.05, 0.1) is 0 Å². The quantitative estimate of drug-likeness (QED) is 0.0821. The van der Waals surface area contributed by atoms with E-state index in [1.807, 2.05) is 0 Å². The van der Waals surface area contributed by atoms with Gasteiger partial charge in [0, 0.05) is 47.2 Å². The minimum atomic E-state index is -1.36. The van der Waals surface area contributed by atoms with Gasteiger partial charge in [-0.1, -0.05) is 12.1 Å². The smallest absolute Gasteiger partial charge is 0.508 e. The van der Waals surface area contributed by atoms with Gasteiger partial charge in [-0.25, -0.2) is 4.79 Å². The molecule has 0 unspecified atom stereocenters. The largest absolute Gasteiger partial charge is 0.509 e. The molecule has 2 aliphatic rings. The lowest BCUT2D eigenvalue weighted by molar-refractivity contribution is -0.123. The molecule has 2 heterocycles. The molecule has 0 aromatic heterocycles. The van der Waals surface area contributed by atoms with Crippen molar-refractivity contribution in [2.45, 2.75) is 63.9 Å². The first-order valence-corrected chi connectivity index (χ1v) is 15.8. The van der Waals surface area contributed by atoms with Crippen LogP contribution in [-0.2, 0) is 22.3 Å². The van der Waals surface area contributed by atoms with Gasteiger partial charge in [-0.2, -0.15) is 0 Å². The zero-order valence-corrected chi connectivity index (χ0v) is 27.6. The summed E-state index contributed by atoms with van der Waals surface area (Å²) < 4.78 is 24.5. The van der Waals surface area contributed by atoms with Crippen LogP contribution in [0.25, 0.3) is 0 Å². The molecule has 0 radical (unpaired) electrons. The van der Waals surface area contributed by atoms with Gasteiger partial charge < -0.3 is 59.8 Å². The van der Waals surface area contributed by atoms with Crippen LogP contribution in [0, 0.1) is 11.8 Å². The number of rotatable bonds is 6. The molecular weight excluding hydrogens is 652 g/mol. The Hall–Kier alpha value is -5.85. The molecule has 4 aromatic carbocycles. The van der Waals surface area contributed by atoms with Gasteiger partial charge >= 0.3 is 6.16 Å². The number of fused-ring (bicyclic) bond motifs is 2. The third kappa shape index (κ3) is 6.33. The second kappa shape index (κ2) is 12.2. The van der Waals surface area contributed by atoms with E-state index in [0.29, 0.717) is 22.3 Å². The van der Waals surface area contributed by atoms with Crippen LogP contribution in [0.1, 0.15) is 62.2 Å². The first kappa shape index (κ1) is 34.0. The Morgan fingerprint density at radius 2 is 0.940 bits per heavy atom. The van der Waals surface area contributed by atoms with Crippen LogP contribution >= 0.6 is 0 Å². The van der Waals surface area contributed by atoms with Crippen LogP contribution in [0.3, 0.4) is 0 Å². The number of aromatic hydroxyl groups is 8. The minimum Gasteiger partial charge on any atom is -0.508 e. The first-order valence-electron chi connectivity index (χ1n) is 15.8. The molecule has 2 aliphatic heterocycles. The standard InChI is InChI=1S/C37H38O13/c1-36(2,23-15-21-27(42)11-19(38)13-31(21)47-33(23)17-5-7-25(40)29(44)9-17)49-35(46)50-37(3,4)24-16-22-28(43)12-20(39)14-32(22)48-34(24)18-6-8-26(41)30(45)10-18/h5-14,23-24,33-34,38-45H,15-16H2,1-4H3/t23-,24-,33+,34+/m1/s1. The fourth-order valence-electron chi connectivity index (χ4n) is 6.80. The average Bonchev–Trinajstić information content (AvgIpc) is 3.01. The molecule has 13 heteroatoms. The third-order valence-corrected chi connectivity index (χ3v) is 9.56. The molecule has 4 aromatic rings. The summed E-state index contributed by atoms with van der Waals surface area (Å²) in [7, 11) is 0. The Balaban J connectivity index is 1.30. The molecule has 13 nitrogen and oxygen atoms in total. The van der Waals surface area contributed by atoms with Crippen molar-refractivity contribution >= 4 is 6.16 Å². The van der Waals surface area contributed by atoms with Crippen LogP contribution < -0.4 is 9.47 Å². The summed E-state index contributed by atoms with van der Waals surface area (Å²) in [6.45, 7) is 6.55. The van der Waals surface area contributed by atoms with E-state index < -0.39 is 52.9 Å². The topological polar surface area (TPSA) is 216 Å². The SMILES string of the molecule is CC(C)(OC(=O)OC(C)(C)[C@@H]1Cc2c(O)cc(O)cc2O[C@H]1c1ccc(O)c(O)c1)[C@@H]1Cc2c(O)cc(O)cc2O[C@H]1c1ccc(O)c(O)c1. The summed E-state index contributed by atoms with van der Waals surface area (Å²) in [4.78, 5) is 13.7. The van der Waals surface area contributed by atoms with Gasteiger partial charge in [-0.05, 0) is 75.9 Å². The minimum absolute atomic E-state index is 0.114. The van der Waals surface area contributed by atoms with Crippen molar-refractivity contribution in [3.8, 4) is 57.5 Å². The van der Waals surface area contributed by atoms with E-state index >= 15 is 0 Å². The zero-order chi connectivity index (χ0) is 36.3. The number of phenols is 8. The fraction of sp³-hybridized carbons (Fsp3) is 0.324. The number of benzene rings is 4. The summed E-state index contributed by atoms with van der Waals surface area (Å²) in [6.07, 6.45) is -2.62. The molecule has 6 rings (SSSR count). The molecule has 0 bridgehead atoms. The van der Waals surface area contributed by atoms with E-state index in [1.165, 1.54) is 60.7 Å². The summed E-state index contributed by atoms with van der Waals surface area (Å²) in [6, 6.07) is 13.3. The van der Waals surface area contributed by atoms with Crippen LogP contribution in [-0.4, -0.2) is 58.2 Å². The number of carbonyl (C=O) groups excluding carboxylic acids is 1. The monoisotopic (exact) mass is 690 g/mol. The Morgan fingerprint density at radius 3 is 1.30 bits per heavy atom. The van der Waals surface area contributed by atoms with Crippen molar-refractivity contribution in [2.24, 2.45) is 11.8 Å². The van der Waals surface area contributed by atoms with E-state index in [-0.39, 0.29) is 58.8 Å². The van der Waals surface area contributed by atoms with Gasteiger partial charge in [0.25, 0.3) is 0 Å². The maximum Gasteiger partial charge on any atom is 0.509 e. The normalized spacial score (nSPS) is 20.1. The van der Waals surface area contributed by atoms with E-state index in [4.69, 9.17) is 18.9 Å². The van der Waals surface area contributed by atoms with Crippen molar-refractivity contribution < 1.29 is 64.6 Å². The molecule has 4 atom stereocenters. The number of ether oxygens (including phenoxy) is 4. The highest BCUT2D eigenvalue weighted by atomic mass is 16.7. The molecule has 264 valence electrons. The van der Waals surface area contributed by atoms with Crippen molar-refractivity contribution in [2.75, 3.05) is 0 Å². The second-order valence-electron chi connectivity index (χ2n) is 13.7. The number of phenolic OH excluding ortho intramolecular Hbond substituents is 8. The number of hydrogen-bond donors (Lipinski definition) is 8. The zero-order valence-electron chi connectivity index (χ0n) is 27.6. The lowest BCUT2D eigenvalue weighted by Gasteiger charge is -2.44. The van der Waals surface area contributed by atoms with Crippen molar-refractivity contribution in [1.29, 1.82) is 0 Å². The van der Waals surface area contributed by atoms with Gasteiger partial charge in [-0.15, -0.1) is 0 Å². The Morgan fingerprint density at radius 1 is 0.560 bits per heavy atom. The second-order valence-corrected chi connectivity index (χ2v) is 13.7. The highest BCUT2D eigenvalue weighted by Gasteiger charge is 2.48. The van der Waals surface area contributed by atoms with Crippen LogP contribution in [0.5, 0.6) is 57.5 Å². The fourth-order valence-corrected chi connectivity index (χ4v) is 6.80. The van der Waals surface area contributed by atoms with Crippen molar-refractivity contribution in [3.63, 3.8) is 0 Å². The Bertz CT molecular complexity index is 1830. The molecule has 0 amide bonds. The Kier molecular flexibility index (Phi) is 8.33. The molecule has 0 saturated carbocycles. The molecule has 0 spiro atoms. The van der Waals surface area contributed by atoms with Crippen LogP contribution in [0.4, 0.5) is 4.79 Å². The molecular formula is C37H38O13. The van der Waals surface area contributed by atoms with Gasteiger partial charge in [0.15, 0.2) is 23.0 Å². The van der Waals surface area contributed by atoms with Crippen LogP contribution in [0.15, 0.2) is 60.7 Å². The highest BCUT2D eigenvalue weighted by Crippen LogP contribution is 2.51. The summed E-state index contributed by atoms with van der Waals surface area (Å²) in [5.41, 5.74) is -1.15. The maximum atomic E-state index is 13.7. The van der Waals surface area contributed by atoms with Gasteiger partial charge in [-0.3, -0.25) is 0 Å². The summed E-state index contributed by atoms with van der Waals surface area (Å²) in [5, 5.41) is 82.0. The molecule has 50 heavy (non-hydrogen) atoms. The molecule has 0 aliphatic carbocycles. The van der Waals surface area contributed by atoms with Gasteiger partial charge in [0.2, 0.25) is 0 Å². The number of carbonyl (C=O) groups is 1. The predicted molar refractivity (Wildman–Crippen MR) is 176 cm³/mol. The van der Waals surface area contributed by atoms with E-state index in [1.54, 1.807) is 27.7 Å². The van der Waals surface area contributed by atoms with Crippen molar-refractivity contribution in [3.05, 3.63) is 82.9 Å². The lowest BCUT2D eigenvalue weighted by atomic mass is 9.76. The average molecular weight is 691 g/mol. The Labute approximate surface area is 286 Å². The first-order chi connectivity index (χ1) is 23.4. The van der Waals surface area contributed by atoms with Crippen molar-refractivity contribution in [1.82, 2.24) is 0 Å². The van der Waals surface area contributed by atoms with E-state index in [2.05, 4.69) is 0 Å². The molecule has 8 N–H and O–H groups in total. The maximum absolute atomic E-state index is 13.7. The number of hydrogen-bond acceptors (Lipinski definition) is 13. The molecule has 0 saturated heterocycles. The van der Waals surface area contributed by atoms with Crippen LogP contribution in [0.2, 0.25) is 0 Å². The third-order valence-electron chi connectivity index (χ3n) is 9.56. The highest BCUT2D eigenvalue weighted by molar-refractivity contribution is 5.62. The van der Waals surface area contributed by atoms with Gasteiger partial charge in [0.1, 0.15) is 57.9 Å². The summed E-state index contributed by atoms with van der Waals surface area (Å²) >= 11 is 0. The van der Waals surface area contributed by atoms with E-state index in [0.717, 1.165) is 0 Å². The molecule has 0 fully saturated rings. The van der Waals surface area contributed by atoms with E-state index in [9.17, 15) is 45.6 Å². The predicted octanol–water partition coefficient (Wildman–Crippen LogP) is 6.33. The summed E-state index contributed by atoms with van der Waals surface area (Å²) in [5.74, 6) is -3.42. The lowest BCUT2D eigenvalue weighted by Crippen LogP contribution is -2.48.